The van der Waals surface area contributed by atoms with Crippen LogP contribution < -0.4 is 10.6 Å². The number of nitrogens with one attached hydrogen (secondary N) is 2. The quantitative estimate of drug-likeness (QED) is 0.503. The van der Waals surface area contributed by atoms with E-state index in [-0.39, 0.29) is 17.4 Å². The number of alkyl halides is 3. The summed E-state index contributed by atoms with van der Waals surface area (Å²) in [6.07, 6.45) is -3.91. The van der Waals surface area contributed by atoms with Crippen molar-refractivity contribution < 1.29 is 27.2 Å². The standard InChI is InChI=1S/C25H31F4N3O2/c1-24(2,18-8-6-5-7-9-18)14-22(33)30-15-19(32(3)4)12-17-10-11-20(21(26)13-17)23(34)31-16-25(27,28)29/h5-11,13,19H,12,14-16H2,1-4H3,(H,30,33)(H,31,34). The summed E-state index contributed by atoms with van der Waals surface area (Å²) in [5.74, 6) is -2.13. The fourth-order valence-corrected chi connectivity index (χ4v) is 3.54. The topological polar surface area (TPSA) is 61.4 Å². The molecule has 0 aliphatic rings. The molecule has 1 unspecified atom stereocenters. The zero-order chi connectivity index (χ0) is 25.5. The predicted molar refractivity (Wildman–Crippen MR) is 123 cm³/mol. The van der Waals surface area contributed by atoms with Gasteiger partial charge in [0.15, 0.2) is 0 Å². The second kappa shape index (κ2) is 11.5. The number of carbonyl (C=O) groups excluding carboxylic acids is 2. The van der Waals surface area contributed by atoms with Gasteiger partial charge in [-0.2, -0.15) is 13.2 Å². The molecule has 2 aromatic rings. The molecule has 0 aromatic heterocycles. The van der Waals surface area contributed by atoms with Crippen LogP contribution in [0.15, 0.2) is 48.5 Å². The normalized spacial score (nSPS) is 13.0. The molecule has 0 aliphatic carbocycles. The summed E-state index contributed by atoms with van der Waals surface area (Å²) in [6, 6.07) is 13.4. The molecule has 2 N–H and O–H groups in total. The first-order valence-electron chi connectivity index (χ1n) is 10.9. The predicted octanol–water partition coefficient (Wildman–Crippen LogP) is 4.07. The lowest BCUT2D eigenvalue weighted by molar-refractivity contribution is -0.123. The monoisotopic (exact) mass is 481 g/mol. The molecule has 5 nitrogen and oxygen atoms in total. The van der Waals surface area contributed by atoms with Crippen molar-refractivity contribution in [2.45, 2.75) is 44.3 Å². The molecule has 1 atom stereocenters. The third-order valence-corrected chi connectivity index (χ3v) is 5.62. The highest BCUT2D eigenvalue weighted by atomic mass is 19.4. The maximum absolute atomic E-state index is 14.4. The number of rotatable bonds is 10. The Labute approximate surface area is 197 Å². The van der Waals surface area contributed by atoms with Gasteiger partial charge >= 0.3 is 6.18 Å². The Morgan fingerprint density at radius 3 is 2.21 bits per heavy atom. The SMILES string of the molecule is CN(C)C(CNC(=O)CC(C)(C)c1ccccc1)Cc1ccc(C(=O)NCC(F)(F)F)c(F)c1. The van der Waals surface area contributed by atoms with Crippen LogP contribution in [-0.2, 0) is 16.6 Å². The summed E-state index contributed by atoms with van der Waals surface area (Å²) in [4.78, 5) is 26.3. The fraction of sp³-hybridized carbons (Fsp3) is 0.440. The van der Waals surface area contributed by atoms with Crippen molar-refractivity contribution in [3.05, 3.63) is 71.0 Å². The summed E-state index contributed by atoms with van der Waals surface area (Å²) < 4.78 is 51.2. The average Bonchev–Trinajstić information content (AvgIpc) is 2.74. The largest absolute Gasteiger partial charge is 0.405 e. The lowest BCUT2D eigenvalue weighted by atomic mass is 9.81. The van der Waals surface area contributed by atoms with E-state index in [1.165, 1.54) is 12.1 Å². The van der Waals surface area contributed by atoms with E-state index in [1.54, 1.807) is 5.32 Å². The van der Waals surface area contributed by atoms with Crippen molar-refractivity contribution >= 4 is 11.8 Å². The minimum Gasteiger partial charge on any atom is -0.354 e. The average molecular weight is 482 g/mol. The summed E-state index contributed by atoms with van der Waals surface area (Å²) in [7, 11) is 3.67. The molecular weight excluding hydrogens is 450 g/mol. The van der Waals surface area contributed by atoms with Gasteiger partial charge in [0, 0.05) is 19.0 Å². The van der Waals surface area contributed by atoms with Crippen molar-refractivity contribution in [2.75, 3.05) is 27.2 Å². The first-order valence-corrected chi connectivity index (χ1v) is 10.9. The molecule has 34 heavy (non-hydrogen) atoms. The van der Waals surface area contributed by atoms with Crippen LogP contribution in [-0.4, -0.2) is 56.1 Å². The number of hydrogen-bond acceptors (Lipinski definition) is 3. The van der Waals surface area contributed by atoms with Crippen LogP contribution in [0.1, 0.15) is 41.8 Å². The molecule has 0 bridgehead atoms. The summed E-state index contributed by atoms with van der Waals surface area (Å²) in [6.45, 7) is 2.80. The van der Waals surface area contributed by atoms with Crippen LogP contribution in [0.25, 0.3) is 0 Å². The Morgan fingerprint density at radius 1 is 1.00 bits per heavy atom. The van der Waals surface area contributed by atoms with E-state index in [1.807, 2.05) is 63.2 Å². The van der Waals surface area contributed by atoms with E-state index < -0.39 is 30.0 Å². The van der Waals surface area contributed by atoms with E-state index in [0.29, 0.717) is 24.9 Å². The highest BCUT2D eigenvalue weighted by Crippen LogP contribution is 2.26. The molecule has 0 heterocycles. The van der Waals surface area contributed by atoms with Gasteiger partial charge in [0.05, 0.1) is 5.56 Å². The molecule has 0 saturated carbocycles. The molecule has 2 rings (SSSR count). The molecule has 2 amide bonds. The minimum absolute atomic E-state index is 0.108. The molecule has 0 aliphatic heterocycles. The van der Waals surface area contributed by atoms with Crippen molar-refractivity contribution in [1.82, 2.24) is 15.5 Å². The number of likely N-dealkylation sites (N-methyl/N-ethyl adjacent to an activating group) is 1. The Morgan fingerprint density at radius 2 is 1.65 bits per heavy atom. The summed E-state index contributed by atoms with van der Waals surface area (Å²) in [5, 5.41) is 4.60. The molecule has 186 valence electrons. The highest BCUT2D eigenvalue weighted by molar-refractivity contribution is 5.94. The van der Waals surface area contributed by atoms with Gasteiger partial charge in [-0.3, -0.25) is 9.59 Å². The van der Waals surface area contributed by atoms with Crippen LogP contribution >= 0.6 is 0 Å². The summed E-state index contributed by atoms with van der Waals surface area (Å²) in [5.41, 5.74) is 0.822. The van der Waals surface area contributed by atoms with Gasteiger partial charge in [-0.05, 0) is 49.2 Å². The second-order valence-corrected chi connectivity index (χ2v) is 9.16. The summed E-state index contributed by atoms with van der Waals surface area (Å²) >= 11 is 0. The Bertz CT molecular complexity index is 976. The molecule has 0 saturated heterocycles. The third-order valence-electron chi connectivity index (χ3n) is 5.62. The number of halogens is 4. The number of hydrogen-bond donors (Lipinski definition) is 2. The molecule has 0 radical (unpaired) electrons. The van der Waals surface area contributed by atoms with Crippen LogP contribution in [0.3, 0.4) is 0 Å². The maximum atomic E-state index is 14.4. The molecule has 0 fully saturated rings. The first kappa shape index (κ1) is 27.3. The van der Waals surface area contributed by atoms with E-state index in [2.05, 4.69) is 5.32 Å². The van der Waals surface area contributed by atoms with Gasteiger partial charge < -0.3 is 15.5 Å². The zero-order valence-corrected chi connectivity index (χ0v) is 19.8. The second-order valence-electron chi connectivity index (χ2n) is 9.16. The Balaban J connectivity index is 1.97. The van der Waals surface area contributed by atoms with E-state index in [9.17, 15) is 27.2 Å². The Hall–Kier alpha value is -2.94. The highest BCUT2D eigenvalue weighted by Gasteiger charge is 2.28. The number of amides is 2. The third kappa shape index (κ3) is 8.44. The van der Waals surface area contributed by atoms with E-state index in [0.717, 1.165) is 11.6 Å². The molecule has 2 aromatic carbocycles. The van der Waals surface area contributed by atoms with Gasteiger partial charge in [-0.25, -0.2) is 4.39 Å². The number of carbonyl (C=O) groups is 2. The van der Waals surface area contributed by atoms with E-state index in [4.69, 9.17) is 0 Å². The first-order chi connectivity index (χ1) is 15.8. The Kier molecular flexibility index (Phi) is 9.21. The molecule has 9 heteroatoms. The minimum atomic E-state index is -4.58. The fourth-order valence-electron chi connectivity index (χ4n) is 3.54. The van der Waals surface area contributed by atoms with Gasteiger partial charge in [-0.15, -0.1) is 0 Å². The smallest absolute Gasteiger partial charge is 0.354 e. The van der Waals surface area contributed by atoms with Gasteiger partial charge in [-0.1, -0.05) is 50.2 Å². The van der Waals surface area contributed by atoms with Gasteiger partial charge in [0.2, 0.25) is 5.91 Å². The van der Waals surface area contributed by atoms with Crippen LogP contribution in [0.5, 0.6) is 0 Å². The van der Waals surface area contributed by atoms with Crippen molar-refractivity contribution in [2.24, 2.45) is 0 Å². The van der Waals surface area contributed by atoms with Crippen molar-refractivity contribution in [3.63, 3.8) is 0 Å². The molecular formula is C25H31F4N3O2. The number of nitrogens with zero attached hydrogens (tertiary/aromatic N) is 1. The van der Waals surface area contributed by atoms with Gasteiger partial charge in [0.25, 0.3) is 5.91 Å². The van der Waals surface area contributed by atoms with Crippen molar-refractivity contribution in [1.29, 1.82) is 0 Å². The van der Waals surface area contributed by atoms with E-state index >= 15 is 0 Å². The number of benzene rings is 2. The molecule has 0 spiro atoms. The zero-order valence-electron chi connectivity index (χ0n) is 19.8. The van der Waals surface area contributed by atoms with Crippen LogP contribution in [0, 0.1) is 5.82 Å². The van der Waals surface area contributed by atoms with Gasteiger partial charge in [0.1, 0.15) is 12.4 Å². The lowest BCUT2D eigenvalue weighted by Gasteiger charge is -2.27. The van der Waals surface area contributed by atoms with Crippen LogP contribution in [0.4, 0.5) is 17.6 Å². The lowest BCUT2D eigenvalue weighted by Crippen LogP contribution is -2.42. The van der Waals surface area contributed by atoms with Crippen molar-refractivity contribution in [3.8, 4) is 0 Å². The maximum Gasteiger partial charge on any atom is 0.405 e. The van der Waals surface area contributed by atoms with Crippen LogP contribution in [0.2, 0.25) is 0 Å².